The van der Waals surface area contributed by atoms with Crippen molar-refractivity contribution in [2.24, 2.45) is 0 Å². The Morgan fingerprint density at radius 1 is 0.643 bits per heavy atom. The van der Waals surface area contributed by atoms with Crippen LogP contribution in [0, 0.1) is 0 Å². The molecule has 0 N–H and O–H groups in total. The van der Waals surface area contributed by atoms with Gasteiger partial charge in [0.1, 0.15) is 7.92 Å². The van der Waals surface area contributed by atoms with Gasteiger partial charge in [-0.2, -0.15) is 26.3 Å². The predicted molar refractivity (Wildman–Crippen MR) is 99.6 cm³/mol. The van der Waals surface area contributed by atoms with Gasteiger partial charge >= 0.3 is 11.0 Å². The van der Waals surface area contributed by atoms with Crippen LogP contribution in [-0.4, -0.2) is 46.3 Å². The molecule has 0 bridgehead atoms. The van der Waals surface area contributed by atoms with Crippen molar-refractivity contribution in [1.29, 1.82) is 0 Å². The summed E-state index contributed by atoms with van der Waals surface area (Å²) in [5.41, 5.74) is -12.4. The molecule has 0 aromatic rings. The molecule has 1 radical (unpaired) electrons. The van der Waals surface area contributed by atoms with Crippen LogP contribution in [-0.2, 0) is 20.0 Å². The van der Waals surface area contributed by atoms with Crippen molar-refractivity contribution in [2.45, 2.75) is 70.3 Å². The molecule has 0 fully saturated rings. The minimum absolute atomic E-state index is 0.422. The average Bonchev–Trinajstić information content (AvgIpc) is 2.51. The highest BCUT2D eigenvalue weighted by molar-refractivity contribution is 8.13. The summed E-state index contributed by atoms with van der Waals surface area (Å²) >= 11 is 0. The number of halogens is 6. The van der Waals surface area contributed by atoms with E-state index in [1.165, 1.54) is 38.5 Å². The van der Waals surface area contributed by atoms with Crippen LogP contribution in [0.3, 0.4) is 0 Å². The van der Waals surface area contributed by atoms with Gasteiger partial charge in [0.15, 0.2) is 20.0 Å². The van der Waals surface area contributed by atoms with Gasteiger partial charge in [-0.15, -0.1) is 0 Å². The molecule has 0 aromatic carbocycles. The summed E-state index contributed by atoms with van der Waals surface area (Å²) < 4.78 is 109. The van der Waals surface area contributed by atoms with Gasteiger partial charge < -0.3 is 4.13 Å². The first kappa shape index (κ1) is 30.1. The number of sulfonamides is 2. The van der Waals surface area contributed by atoms with Gasteiger partial charge in [-0.25, -0.2) is 16.8 Å². The zero-order valence-electron chi connectivity index (χ0n) is 16.0. The van der Waals surface area contributed by atoms with E-state index in [0.717, 1.165) is 4.13 Å². The van der Waals surface area contributed by atoms with Gasteiger partial charge in [0.25, 0.3) is 0 Å². The Balaban J connectivity index is 0. The first-order valence-corrected chi connectivity index (χ1v) is 13.4. The summed E-state index contributed by atoms with van der Waals surface area (Å²) in [6.07, 6.45) is 13.2. The molecule has 0 aliphatic heterocycles. The van der Waals surface area contributed by atoms with E-state index in [2.05, 4.69) is 20.8 Å². The van der Waals surface area contributed by atoms with Crippen LogP contribution in [0.5, 0.6) is 0 Å². The molecule has 5 nitrogen and oxygen atoms in total. The molecule has 0 heterocycles. The van der Waals surface area contributed by atoms with E-state index in [1.54, 1.807) is 18.5 Å². The molecule has 0 unspecified atom stereocenters. The van der Waals surface area contributed by atoms with Gasteiger partial charge in [0, 0.05) is 0 Å². The number of rotatable bonds is 11. The smallest absolute Gasteiger partial charge is 0.421 e. The highest BCUT2D eigenvalue weighted by Crippen LogP contribution is 2.38. The van der Waals surface area contributed by atoms with E-state index >= 15 is 0 Å². The fourth-order valence-corrected chi connectivity index (χ4v) is 6.36. The molecule has 0 aromatic heterocycles. The molecule has 0 saturated heterocycles. The zero-order valence-corrected chi connectivity index (χ0v) is 18.5. The zero-order chi connectivity index (χ0) is 22.6. The fraction of sp³-hybridized carbons (Fsp3) is 1.00. The van der Waals surface area contributed by atoms with Gasteiger partial charge in [-0.3, -0.25) is 0 Å². The lowest BCUT2D eigenvalue weighted by atomic mass is 10.4. The molecule has 0 rings (SSSR count). The highest BCUT2D eigenvalue weighted by Gasteiger charge is 2.46. The van der Waals surface area contributed by atoms with Crippen molar-refractivity contribution in [3.05, 3.63) is 4.13 Å². The van der Waals surface area contributed by atoms with Gasteiger partial charge in [0.2, 0.25) is 0 Å². The molecule has 28 heavy (non-hydrogen) atoms. The number of nitrogens with zero attached hydrogens (tertiary/aromatic N) is 1. The third kappa shape index (κ3) is 12.4. The van der Waals surface area contributed by atoms with Crippen LogP contribution in [0.15, 0.2) is 0 Å². The van der Waals surface area contributed by atoms with Crippen molar-refractivity contribution in [3.63, 3.8) is 0 Å². The van der Waals surface area contributed by atoms with Gasteiger partial charge in [-0.05, 0) is 19.3 Å². The van der Waals surface area contributed by atoms with Crippen LogP contribution in [0.1, 0.15) is 59.3 Å². The van der Waals surface area contributed by atoms with E-state index < -0.39 is 31.1 Å². The second-order valence-electron chi connectivity index (χ2n) is 5.82. The summed E-state index contributed by atoms with van der Waals surface area (Å²) in [7, 11) is -13.0. The highest BCUT2D eigenvalue weighted by atomic mass is 32.3. The van der Waals surface area contributed by atoms with Crippen LogP contribution < -0.4 is 0 Å². The van der Waals surface area contributed by atoms with Crippen molar-refractivity contribution in [1.82, 2.24) is 0 Å². The van der Waals surface area contributed by atoms with Gasteiger partial charge in [0.05, 0.1) is 18.5 Å². The molecule has 0 aliphatic carbocycles. The molecule has 0 spiro atoms. The summed E-state index contributed by atoms with van der Waals surface area (Å²) in [4.78, 5) is 0. The van der Waals surface area contributed by atoms with Crippen LogP contribution in [0.2, 0.25) is 0 Å². The quantitative estimate of drug-likeness (QED) is 0.270. The topological polar surface area (TPSA) is 82.4 Å². The Labute approximate surface area is 164 Å². The number of alkyl halides is 6. The molecule has 14 heteroatoms. The maximum atomic E-state index is 11.4. The summed E-state index contributed by atoms with van der Waals surface area (Å²) in [5.74, 6) is 0. The fourth-order valence-electron chi connectivity index (χ4n) is 1.69. The van der Waals surface area contributed by atoms with E-state index in [-0.39, 0.29) is 0 Å². The maximum Gasteiger partial charge on any atom is 0.480 e. The Morgan fingerprint density at radius 2 is 0.893 bits per heavy atom. The molecule has 0 saturated carbocycles. The summed E-state index contributed by atoms with van der Waals surface area (Å²) in [6, 6.07) is 0. The number of hydrogen-bond donors (Lipinski definition) is 0. The largest absolute Gasteiger partial charge is 0.480 e. The molecule has 171 valence electrons. The van der Waals surface area contributed by atoms with E-state index in [9.17, 15) is 43.2 Å². The van der Waals surface area contributed by atoms with Crippen LogP contribution in [0.4, 0.5) is 26.3 Å². The Bertz CT molecular complexity index is 560. The Hall–Kier alpha value is -0.130. The molecular formula is C14H27F6NO4PS2. The summed E-state index contributed by atoms with van der Waals surface area (Å²) in [6.45, 7) is 6.94. The Morgan fingerprint density at radius 3 is 1.07 bits per heavy atom. The van der Waals surface area contributed by atoms with Crippen LogP contribution in [0.25, 0.3) is 4.13 Å². The van der Waals surface area contributed by atoms with Gasteiger partial charge in [-0.1, -0.05) is 40.0 Å². The van der Waals surface area contributed by atoms with Crippen molar-refractivity contribution in [2.75, 3.05) is 18.5 Å². The van der Waals surface area contributed by atoms with Crippen molar-refractivity contribution >= 4 is 28.0 Å². The number of unbranched alkanes of at least 4 members (excludes halogenated alkanes) is 3. The second-order valence-corrected chi connectivity index (χ2v) is 11.9. The predicted octanol–water partition coefficient (Wildman–Crippen LogP) is 5.93. The second kappa shape index (κ2) is 13.2. The Kier molecular flexibility index (Phi) is 14.2. The molecule has 0 amide bonds. The third-order valence-electron chi connectivity index (χ3n) is 3.26. The lowest BCUT2D eigenvalue weighted by Gasteiger charge is -2.22. The maximum absolute atomic E-state index is 11.4. The minimum Gasteiger partial charge on any atom is -0.421 e. The normalized spacial score (nSPS) is 13.4. The van der Waals surface area contributed by atoms with E-state index in [1.807, 2.05) is 0 Å². The van der Waals surface area contributed by atoms with Crippen molar-refractivity contribution < 1.29 is 43.2 Å². The third-order valence-corrected chi connectivity index (χ3v) is 8.85. The minimum atomic E-state index is -6.72. The van der Waals surface area contributed by atoms with E-state index in [4.69, 9.17) is 0 Å². The first-order valence-electron chi connectivity index (χ1n) is 8.64. The SMILES string of the molecule is CCCC[P+](CCCC)CCCC.O=S(=O)([N-]S(=O)(=O)C(F)(F)F)C(F)(F)F. The number of hydrogen-bond acceptors (Lipinski definition) is 4. The van der Waals surface area contributed by atoms with Crippen LogP contribution >= 0.6 is 7.92 Å². The standard InChI is InChI=1S/C12H27P.C2F6NO4S2/c1-4-7-10-13(11-8-5-2)12-9-6-3;3-1(4,5)14(10,11)9-15(12,13)2(6,7)8/h4-12H2,1-3H3;/q+1;-1. The average molecular weight is 482 g/mol. The lowest BCUT2D eigenvalue weighted by molar-refractivity contribution is -0.0444. The van der Waals surface area contributed by atoms with E-state index in [0.29, 0.717) is 7.92 Å². The molecular weight excluding hydrogens is 455 g/mol. The summed E-state index contributed by atoms with van der Waals surface area (Å²) in [5, 5.41) is 0. The monoisotopic (exact) mass is 482 g/mol. The molecule has 0 aliphatic rings. The lowest BCUT2D eigenvalue weighted by Crippen LogP contribution is -2.30. The van der Waals surface area contributed by atoms with Crippen molar-refractivity contribution in [3.8, 4) is 0 Å². The molecule has 0 atom stereocenters. The first-order chi connectivity index (χ1) is 12.6.